The highest BCUT2D eigenvalue weighted by atomic mass is 32.2. The molecule has 1 atom stereocenters. The molecule has 0 aliphatic heterocycles. The van der Waals surface area contributed by atoms with Crippen LogP contribution in [0.1, 0.15) is 20.3 Å². The highest BCUT2D eigenvalue weighted by Gasteiger charge is 2.12. The van der Waals surface area contributed by atoms with Crippen molar-refractivity contribution in [3.63, 3.8) is 0 Å². The molecule has 0 spiro atoms. The Bertz CT molecular complexity index is 463. The predicted molar refractivity (Wildman–Crippen MR) is 70.0 cm³/mol. The van der Waals surface area contributed by atoms with E-state index in [1.165, 1.54) is 12.1 Å². The van der Waals surface area contributed by atoms with Gasteiger partial charge >= 0.3 is 0 Å². The third-order valence-electron chi connectivity index (χ3n) is 2.19. The molecule has 4 nitrogen and oxygen atoms in total. The van der Waals surface area contributed by atoms with Gasteiger partial charge in [0.05, 0.1) is 15.7 Å². The van der Waals surface area contributed by atoms with Crippen LogP contribution >= 0.6 is 0 Å². The van der Waals surface area contributed by atoms with Crippen LogP contribution in [0.5, 0.6) is 0 Å². The van der Waals surface area contributed by atoms with Gasteiger partial charge in [-0.05, 0) is 32.0 Å². The van der Waals surface area contributed by atoms with E-state index < -0.39 is 16.6 Å². The van der Waals surface area contributed by atoms with Crippen molar-refractivity contribution in [3.8, 4) is 0 Å². The van der Waals surface area contributed by atoms with Crippen LogP contribution in [0.25, 0.3) is 0 Å². The molecule has 6 heteroatoms. The Morgan fingerprint density at radius 3 is 2.78 bits per heavy atom. The second-order valence-corrected chi connectivity index (χ2v) is 5.74. The van der Waals surface area contributed by atoms with E-state index in [-0.39, 0.29) is 34.7 Å². The number of amides is 1. The van der Waals surface area contributed by atoms with Gasteiger partial charge < -0.3 is 11.1 Å². The first-order chi connectivity index (χ1) is 8.40. The minimum Gasteiger partial charge on any atom is -0.398 e. The Morgan fingerprint density at radius 2 is 2.17 bits per heavy atom. The zero-order valence-corrected chi connectivity index (χ0v) is 11.2. The first-order valence-corrected chi connectivity index (χ1v) is 6.95. The van der Waals surface area contributed by atoms with Crippen LogP contribution in [0, 0.1) is 5.82 Å². The van der Waals surface area contributed by atoms with Gasteiger partial charge in [0, 0.05) is 23.9 Å². The summed E-state index contributed by atoms with van der Waals surface area (Å²) in [5, 5.41) is 2.70. The molecular weight excluding hydrogens is 255 g/mol. The summed E-state index contributed by atoms with van der Waals surface area (Å²) in [5.41, 5.74) is 5.89. The van der Waals surface area contributed by atoms with Crippen LogP contribution in [-0.2, 0) is 15.6 Å². The summed E-state index contributed by atoms with van der Waals surface area (Å²) in [4.78, 5) is 11.6. The van der Waals surface area contributed by atoms with Gasteiger partial charge in [-0.3, -0.25) is 9.00 Å². The van der Waals surface area contributed by atoms with Gasteiger partial charge in [0.1, 0.15) is 5.82 Å². The number of benzene rings is 1. The summed E-state index contributed by atoms with van der Waals surface area (Å²) in [6.07, 6.45) is 0.126. The molecular formula is C12H17FN2O2S. The number of nitrogens with two attached hydrogens (primary N) is 1. The fraction of sp³-hybridized carbons (Fsp3) is 0.417. The lowest BCUT2D eigenvalue weighted by Gasteiger charge is -2.09. The highest BCUT2D eigenvalue weighted by Crippen LogP contribution is 2.18. The minimum atomic E-state index is -1.47. The fourth-order valence-corrected chi connectivity index (χ4v) is 2.56. The number of hydrogen-bond donors (Lipinski definition) is 2. The lowest BCUT2D eigenvalue weighted by molar-refractivity contribution is -0.121. The number of carbonyl (C=O) groups excluding carboxylic acids is 1. The maximum absolute atomic E-state index is 13.0. The van der Waals surface area contributed by atoms with Gasteiger partial charge in [0.25, 0.3) is 0 Å². The van der Waals surface area contributed by atoms with E-state index in [9.17, 15) is 13.4 Å². The molecule has 1 amide bonds. The number of rotatable bonds is 5. The Balaban J connectivity index is 2.60. The first kappa shape index (κ1) is 14.6. The van der Waals surface area contributed by atoms with E-state index in [1.54, 1.807) is 0 Å². The van der Waals surface area contributed by atoms with Crippen LogP contribution in [-0.4, -0.2) is 21.9 Å². The quantitative estimate of drug-likeness (QED) is 0.796. The summed E-state index contributed by atoms with van der Waals surface area (Å²) in [6.45, 7) is 3.69. The molecule has 3 N–H and O–H groups in total. The largest absolute Gasteiger partial charge is 0.398 e. The van der Waals surface area contributed by atoms with Crippen molar-refractivity contribution < 1.29 is 13.4 Å². The van der Waals surface area contributed by atoms with Crippen LogP contribution in [0.15, 0.2) is 23.1 Å². The van der Waals surface area contributed by atoms with Crippen molar-refractivity contribution in [2.45, 2.75) is 31.2 Å². The molecule has 0 fully saturated rings. The van der Waals surface area contributed by atoms with Crippen molar-refractivity contribution in [2.24, 2.45) is 0 Å². The van der Waals surface area contributed by atoms with Gasteiger partial charge in [0.15, 0.2) is 0 Å². The molecule has 1 aromatic carbocycles. The number of hydrogen-bond acceptors (Lipinski definition) is 3. The topological polar surface area (TPSA) is 72.2 Å². The molecule has 18 heavy (non-hydrogen) atoms. The Morgan fingerprint density at radius 1 is 1.50 bits per heavy atom. The predicted octanol–water partition coefficient (Wildman–Crippen LogP) is 1.43. The molecule has 0 aromatic heterocycles. The lowest BCUT2D eigenvalue weighted by Crippen LogP contribution is -2.30. The second-order valence-electron chi connectivity index (χ2n) is 4.20. The Hall–Kier alpha value is -1.43. The van der Waals surface area contributed by atoms with Crippen molar-refractivity contribution in [1.82, 2.24) is 5.32 Å². The number of anilines is 1. The smallest absolute Gasteiger partial charge is 0.221 e. The molecule has 0 saturated carbocycles. The van der Waals surface area contributed by atoms with Crippen molar-refractivity contribution in [1.29, 1.82) is 0 Å². The molecule has 0 saturated heterocycles. The summed E-state index contributed by atoms with van der Waals surface area (Å²) in [6, 6.07) is 3.77. The average Bonchev–Trinajstić information content (AvgIpc) is 2.28. The number of nitrogen functional groups attached to an aromatic ring is 1. The van der Waals surface area contributed by atoms with E-state index >= 15 is 0 Å². The van der Waals surface area contributed by atoms with E-state index in [1.807, 2.05) is 13.8 Å². The summed E-state index contributed by atoms with van der Waals surface area (Å²) in [5.74, 6) is -0.529. The van der Waals surface area contributed by atoms with E-state index in [0.29, 0.717) is 0 Å². The molecule has 0 heterocycles. The number of halogens is 1. The van der Waals surface area contributed by atoms with Crippen molar-refractivity contribution in [2.75, 3.05) is 11.5 Å². The number of nitrogens with one attached hydrogen (secondary N) is 1. The SMILES string of the molecule is CC(C)NC(=O)CCS(=O)c1cc(F)ccc1N. The molecule has 0 bridgehead atoms. The van der Waals surface area contributed by atoms with Crippen LogP contribution in [0.4, 0.5) is 10.1 Å². The van der Waals surface area contributed by atoms with Crippen LogP contribution in [0.3, 0.4) is 0 Å². The number of carbonyl (C=O) groups is 1. The summed E-state index contributed by atoms with van der Waals surface area (Å²) < 4.78 is 24.9. The van der Waals surface area contributed by atoms with Crippen molar-refractivity contribution in [3.05, 3.63) is 24.0 Å². The molecule has 1 unspecified atom stereocenters. The summed E-state index contributed by atoms with van der Waals surface area (Å²) in [7, 11) is -1.47. The van der Waals surface area contributed by atoms with Gasteiger partial charge in [-0.15, -0.1) is 0 Å². The zero-order valence-electron chi connectivity index (χ0n) is 10.4. The second kappa shape index (κ2) is 6.49. The first-order valence-electron chi connectivity index (χ1n) is 5.63. The molecule has 1 aromatic rings. The van der Waals surface area contributed by atoms with Crippen LogP contribution < -0.4 is 11.1 Å². The van der Waals surface area contributed by atoms with Gasteiger partial charge in [-0.25, -0.2) is 4.39 Å². The van der Waals surface area contributed by atoms with E-state index in [2.05, 4.69) is 5.32 Å². The minimum absolute atomic E-state index is 0.0465. The van der Waals surface area contributed by atoms with E-state index in [4.69, 9.17) is 5.73 Å². The van der Waals surface area contributed by atoms with Gasteiger partial charge in [-0.1, -0.05) is 0 Å². The standard InChI is InChI=1S/C12H17FN2O2S/c1-8(2)15-12(16)5-6-18(17)11-7-9(13)3-4-10(11)14/h3-4,7-8H,5-6,14H2,1-2H3,(H,15,16). The third-order valence-corrected chi connectivity index (χ3v) is 3.60. The molecule has 1 rings (SSSR count). The molecule has 0 aliphatic rings. The lowest BCUT2D eigenvalue weighted by atomic mass is 10.3. The molecule has 100 valence electrons. The third kappa shape index (κ3) is 4.44. The monoisotopic (exact) mass is 272 g/mol. The maximum atomic E-state index is 13.0. The van der Waals surface area contributed by atoms with Crippen molar-refractivity contribution >= 4 is 22.4 Å². The highest BCUT2D eigenvalue weighted by molar-refractivity contribution is 7.85. The van der Waals surface area contributed by atoms with Crippen LogP contribution in [0.2, 0.25) is 0 Å². The Labute approximate surface area is 108 Å². The van der Waals surface area contributed by atoms with Gasteiger partial charge in [0.2, 0.25) is 5.91 Å². The zero-order chi connectivity index (χ0) is 13.7. The molecule has 0 aliphatic carbocycles. The Kier molecular flexibility index (Phi) is 5.27. The average molecular weight is 272 g/mol. The normalized spacial score (nSPS) is 12.4. The maximum Gasteiger partial charge on any atom is 0.221 e. The van der Waals surface area contributed by atoms with E-state index in [0.717, 1.165) is 6.07 Å². The molecule has 0 radical (unpaired) electrons. The fourth-order valence-electron chi connectivity index (χ4n) is 1.39. The van der Waals surface area contributed by atoms with Gasteiger partial charge in [-0.2, -0.15) is 0 Å². The summed E-state index contributed by atoms with van der Waals surface area (Å²) >= 11 is 0.